The van der Waals surface area contributed by atoms with E-state index in [9.17, 15) is 0 Å². The molecule has 0 saturated heterocycles. The van der Waals surface area contributed by atoms with Crippen LogP contribution in [0.3, 0.4) is 0 Å². The number of hydrogen-bond acceptors (Lipinski definition) is 2. The SMILES string of the molecule is CC1(C)CC(NC2CCCCC2)CC(C)(CNC2CCCCC2)C1. The van der Waals surface area contributed by atoms with E-state index in [4.69, 9.17) is 0 Å². The fraction of sp³-hybridized carbons (Fsp3) is 1.00. The molecule has 2 unspecified atom stereocenters. The molecule has 3 rings (SSSR count). The Hall–Kier alpha value is -0.0800. The molecule has 3 aliphatic rings. The average molecular weight is 335 g/mol. The van der Waals surface area contributed by atoms with Crippen LogP contribution < -0.4 is 10.6 Å². The fourth-order valence-corrected chi connectivity index (χ4v) is 6.19. The van der Waals surface area contributed by atoms with E-state index in [2.05, 4.69) is 31.4 Å². The van der Waals surface area contributed by atoms with Crippen molar-refractivity contribution in [3.63, 3.8) is 0 Å². The van der Waals surface area contributed by atoms with Crippen LogP contribution in [-0.2, 0) is 0 Å². The van der Waals surface area contributed by atoms with Gasteiger partial charge in [0.1, 0.15) is 0 Å². The van der Waals surface area contributed by atoms with Crippen LogP contribution in [0.25, 0.3) is 0 Å². The quantitative estimate of drug-likeness (QED) is 0.702. The van der Waals surface area contributed by atoms with Gasteiger partial charge in [0.2, 0.25) is 0 Å². The van der Waals surface area contributed by atoms with Gasteiger partial charge in [0, 0.05) is 24.7 Å². The maximum absolute atomic E-state index is 4.08. The largest absolute Gasteiger partial charge is 0.313 e. The molecule has 0 amide bonds. The molecule has 0 aromatic heterocycles. The summed E-state index contributed by atoms with van der Waals surface area (Å²) in [6.07, 6.45) is 18.4. The van der Waals surface area contributed by atoms with E-state index < -0.39 is 0 Å². The smallest absolute Gasteiger partial charge is 0.00804 e. The van der Waals surface area contributed by atoms with E-state index >= 15 is 0 Å². The molecule has 2 N–H and O–H groups in total. The van der Waals surface area contributed by atoms with Gasteiger partial charge in [-0.25, -0.2) is 0 Å². The van der Waals surface area contributed by atoms with Crippen molar-refractivity contribution in [2.75, 3.05) is 6.54 Å². The lowest BCUT2D eigenvalue weighted by Crippen LogP contribution is -2.52. The minimum absolute atomic E-state index is 0.464. The molecule has 0 aromatic rings. The van der Waals surface area contributed by atoms with Crippen molar-refractivity contribution in [3.8, 4) is 0 Å². The Morgan fingerprint density at radius 1 is 0.708 bits per heavy atom. The second-order valence-corrected chi connectivity index (χ2v) is 10.5. The molecule has 0 aliphatic heterocycles. The van der Waals surface area contributed by atoms with Gasteiger partial charge < -0.3 is 10.6 Å². The molecule has 24 heavy (non-hydrogen) atoms. The second-order valence-electron chi connectivity index (χ2n) is 10.5. The Balaban J connectivity index is 1.54. The van der Waals surface area contributed by atoms with Gasteiger partial charge in [-0.2, -0.15) is 0 Å². The van der Waals surface area contributed by atoms with Gasteiger partial charge in [-0.05, 0) is 55.8 Å². The molecule has 140 valence electrons. The minimum atomic E-state index is 0.464. The van der Waals surface area contributed by atoms with E-state index in [1.807, 2.05) is 0 Å². The van der Waals surface area contributed by atoms with E-state index in [0.29, 0.717) is 10.8 Å². The van der Waals surface area contributed by atoms with Crippen molar-refractivity contribution in [2.45, 2.75) is 122 Å². The zero-order valence-electron chi connectivity index (χ0n) is 16.6. The van der Waals surface area contributed by atoms with Crippen LogP contribution in [0.15, 0.2) is 0 Å². The topological polar surface area (TPSA) is 24.1 Å². The summed E-state index contributed by atoms with van der Waals surface area (Å²) in [5.41, 5.74) is 0.944. The zero-order valence-corrected chi connectivity index (χ0v) is 16.6. The molecule has 3 aliphatic carbocycles. The summed E-state index contributed by atoms with van der Waals surface area (Å²) < 4.78 is 0. The summed E-state index contributed by atoms with van der Waals surface area (Å²) in [5.74, 6) is 0. The first kappa shape index (κ1) is 18.7. The first-order valence-corrected chi connectivity index (χ1v) is 10.9. The number of hydrogen-bond donors (Lipinski definition) is 2. The molecule has 2 atom stereocenters. The van der Waals surface area contributed by atoms with Gasteiger partial charge in [0.15, 0.2) is 0 Å². The third kappa shape index (κ3) is 5.46. The first-order chi connectivity index (χ1) is 11.4. The highest BCUT2D eigenvalue weighted by atomic mass is 15.0. The second kappa shape index (κ2) is 8.08. The highest BCUT2D eigenvalue weighted by Gasteiger charge is 2.41. The lowest BCUT2D eigenvalue weighted by Gasteiger charge is -2.48. The summed E-state index contributed by atoms with van der Waals surface area (Å²) in [5, 5.41) is 8.04. The van der Waals surface area contributed by atoms with Crippen LogP contribution in [0.5, 0.6) is 0 Å². The first-order valence-electron chi connectivity index (χ1n) is 10.9. The molecule has 0 spiro atoms. The van der Waals surface area contributed by atoms with Gasteiger partial charge in [-0.3, -0.25) is 0 Å². The molecule has 2 nitrogen and oxygen atoms in total. The van der Waals surface area contributed by atoms with Gasteiger partial charge in [-0.1, -0.05) is 59.3 Å². The van der Waals surface area contributed by atoms with Crippen LogP contribution in [0.4, 0.5) is 0 Å². The van der Waals surface area contributed by atoms with E-state index in [1.165, 1.54) is 90.0 Å². The summed E-state index contributed by atoms with van der Waals surface area (Å²) in [6.45, 7) is 8.78. The van der Waals surface area contributed by atoms with Crippen LogP contribution >= 0.6 is 0 Å². The zero-order chi connectivity index (χ0) is 17.0. The monoisotopic (exact) mass is 334 g/mol. The lowest BCUT2D eigenvalue weighted by atomic mass is 9.62. The van der Waals surface area contributed by atoms with Gasteiger partial charge in [-0.15, -0.1) is 0 Å². The van der Waals surface area contributed by atoms with Crippen molar-refractivity contribution in [2.24, 2.45) is 10.8 Å². The van der Waals surface area contributed by atoms with Crippen molar-refractivity contribution < 1.29 is 0 Å². The Kier molecular flexibility index (Phi) is 6.30. The summed E-state index contributed by atoms with van der Waals surface area (Å²) in [6, 6.07) is 2.33. The van der Waals surface area contributed by atoms with E-state index in [1.54, 1.807) is 0 Å². The highest BCUT2D eigenvalue weighted by molar-refractivity contribution is 4.97. The molecular weight excluding hydrogens is 292 g/mol. The predicted octanol–water partition coefficient (Wildman–Crippen LogP) is 5.42. The number of rotatable bonds is 5. The van der Waals surface area contributed by atoms with Crippen molar-refractivity contribution in [1.82, 2.24) is 10.6 Å². The summed E-state index contributed by atoms with van der Waals surface area (Å²) in [7, 11) is 0. The normalized spacial score (nSPS) is 35.9. The fourth-order valence-electron chi connectivity index (χ4n) is 6.19. The predicted molar refractivity (Wildman–Crippen MR) is 104 cm³/mol. The minimum Gasteiger partial charge on any atom is -0.313 e. The Morgan fingerprint density at radius 2 is 1.29 bits per heavy atom. The molecule has 3 saturated carbocycles. The highest BCUT2D eigenvalue weighted by Crippen LogP contribution is 2.46. The third-order valence-electron chi connectivity index (χ3n) is 6.94. The molecule has 0 aromatic carbocycles. The van der Waals surface area contributed by atoms with Gasteiger partial charge in [0.25, 0.3) is 0 Å². The van der Waals surface area contributed by atoms with Gasteiger partial charge >= 0.3 is 0 Å². The van der Waals surface area contributed by atoms with Crippen molar-refractivity contribution in [1.29, 1.82) is 0 Å². The molecule has 3 fully saturated rings. The average Bonchev–Trinajstić information content (AvgIpc) is 2.53. The van der Waals surface area contributed by atoms with Crippen LogP contribution in [0, 0.1) is 10.8 Å². The Morgan fingerprint density at radius 3 is 1.92 bits per heavy atom. The van der Waals surface area contributed by atoms with E-state index in [0.717, 1.165) is 18.1 Å². The van der Waals surface area contributed by atoms with Gasteiger partial charge in [0.05, 0.1) is 0 Å². The standard InChI is InChI=1S/C22H42N2/c1-21(2)14-20(24-19-12-8-5-9-13-19)15-22(3,16-21)17-23-18-10-6-4-7-11-18/h18-20,23-24H,4-17H2,1-3H3. The number of nitrogens with one attached hydrogen (secondary N) is 2. The molecule has 0 radical (unpaired) electrons. The van der Waals surface area contributed by atoms with Crippen molar-refractivity contribution >= 4 is 0 Å². The Labute approximate surface area is 150 Å². The Bertz CT molecular complexity index is 379. The van der Waals surface area contributed by atoms with Crippen LogP contribution in [0.1, 0.15) is 104 Å². The summed E-state index contributed by atoms with van der Waals surface area (Å²) in [4.78, 5) is 0. The summed E-state index contributed by atoms with van der Waals surface area (Å²) >= 11 is 0. The van der Waals surface area contributed by atoms with Crippen molar-refractivity contribution in [3.05, 3.63) is 0 Å². The third-order valence-corrected chi connectivity index (χ3v) is 6.94. The maximum Gasteiger partial charge on any atom is 0.00804 e. The maximum atomic E-state index is 4.08. The molecule has 0 heterocycles. The van der Waals surface area contributed by atoms with Crippen LogP contribution in [0.2, 0.25) is 0 Å². The van der Waals surface area contributed by atoms with Crippen LogP contribution in [-0.4, -0.2) is 24.7 Å². The molecular formula is C22H42N2. The lowest BCUT2D eigenvalue weighted by molar-refractivity contribution is 0.0605. The molecule has 2 heteroatoms. The van der Waals surface area contributed by atoms with E-state index in [-0.39, 0.29) is 0 Å². The molecule has 0 bridgehead atoms.